The van der Waals surface area contributed by atoms with E-state index in [-0.39, 0.29) is 23.7 Å². The quantitative estimate of drug-likeness (QED) is 0.834. The molecule has 0 bridgehead atoms. The van der Waals surface area contributed by atoms with Crippen molar-refractivity contribution < 1.29 is 14.4 Å². The first-order valence-corrected chi connectivity index (χ1v) is 8.10. The van der Waals surface area contributed by atoms with Crippen LogP contribution < -0.4 is 5.32 Å². The Labute approximate surface area is 140 Å². The smallest absolute Gasteiger partial charge is 0.273 e. The number of hydrogen-bond acceptors (Lipinski definition) is 6. The fourth-order valence-electron chi connectivity index (χ4n) is 3.05. The zero-order valence-electron chi connectivity index (χ0n) is 14.0. The molecule has 3 heterocycles. The van der Waals surface area contributed by atoms with Gasteiger partial charge in [-0.3, -0.25) is 9.48 Å². The highest BCUT2D eigenvalue weighted by Crippen LogP contribution is 2.26. The molecule has 1 aliphatic heterocycles. The number of aliphatic hydroxyl groups is 1. The van der Waals surface area contributed by atoms with E-state index in [1.807, 2.05) is 7.05 Å². The average molecular weight is 333 g/mol. The molecule has 2 N–H and O–H groups in total. The summed E-state index contributed by atoms with van der Waals surface area (Å²) in [6, 6.07) is 3.39. The summed E-state index contributed by atoms with van der Waals surface area (Å²) in [6.45, 7) is 1.82. The maximum absolute atomic E-state index is 12.6. The van der Waals surface area contributed by atoms with Crippen molar-refractivity contribution in [3.05, 3.63) is 24.0 Å². The standard InChI is InChI=1S/C16H23N5O3/c1-20-8-4-16(5-9-20,6-10-22)17-15(23)13-11-14(24-19-13)12-3-7-21(2)18-12/h3,7,11,22H,4-6,8-10H2,1-2H3,(H,17,23). The van der Waals surface area contributed by atoms with Gasteiger partial charge in [0.05, 0.1) is 0 Å². The van der Waals surface area contributed by atoms with Gasteiger partial charge in [-0.15, -0.1) is 0 Å². The van der Waals surface area contributed by atoms with Crippen LogP contribution in [0.4, 0.5) is 0 Å². The van der Waals surface area contributed by atoms with Gasteiger partial charge >= 0.3 is 0 Å². The molecule has 0 saturated carbocycles. The molecule has 1 aliphatic rings. The number of carbonyl (C=O) groups excluding carboxylic acids is 1. The van der Waals surface area contributed by atoms with Crippen molar-refractivity contribution in [3.8, 4) is 11.5 Å². The Hall–Kier alpha value is -2.19. The fourth-order valence-corrected chi connectivity index (χ4v) is 3.05. The van der Waals surface area contributed by atoms with E-state index in [1.165, 1.54) is 0 Å². The van der Waals surface area contributed by atoms with E-state index >= 15 is 0 Å². The van der Waals surface area contributed by atoms with E-state index in [0.29, 0.717) is 17.9 Å². The second-order valence-corrected chi connectivity index (χ2v) is 6.46. The molecule has 1 fully saturated rings. The molecule has 0 aromatic carbocycles. The summed E-state index contributed by atoms with van der Waals surface area (Å²) in [5.74, 6) is 0.180. The molecule has 2 aromatic rings. The molecule has 24 heavy (non-hydrogen) atoms. The van der Waals surface area contributed by atoms with Gasteiger partial charge < -0.3 is 19.8 Å². The Kier molecular flexibility index (Phi) is 4.68. The highest BCUT2D eigenvalue weighted by molar-refractivity contribution is 5.93. The first-order valence-electron chi connectivity index (χ1n) is 8.10. The molecule has 1 saturated heterocycles. The van der Waals surface area contributed by atoms with E-state index in [0.717, 1.165) is 25.9 Å². The minimum atomic E-state index is -0.386. The van der Waals surface area contributed by atoms with Gasteiger partial charge in [-0.1, -0.05) is 5.16 Å². The number of piperidine rings is 1. The minimum Gasteiger partial charge on any atom is -0.396 e. The van der Waals surface area contributed by atoms with Crippen LogP contribution >= 0.6 is 0 Å². The molecule has 0 unspecified atom stereocenters. The summed E-state index contributed by atoms with van der Waals surface area (Å²) < 4.78 is 6.90. The molecular formula is C16H23N5O3. The first-order chi connectivity index (χ1) is 11.5. The van der Waals surface area contributed by atoms with Crippen LogP contribution in [0.15, 0.2) is 22.9 Å². The number of hydrogen-bond donors (Lipinski definition) is 2. The summed E-state index contributed by atoms with van der Waals surface area (Å²) in [6.07, 6.45) is 3.95. The Bertz CT molecular complexity index is 700. The monoisotopic (exact) mass is 333 g/mol. The predicted octanol–water partition coefficient (Wildman–Crippen LogP) is 0.652. The molecule has 1 amide bonds. The lowest BCUT2D eigenvalue weighted by atomic mass is 9.84. The molecule has 130 valence electrons. The molecule has 0 radical (unpaired) electrons. The second kappa shape index (κ2) is 6.74. The number of amides is 1. The van der Waals surface area contributed by atoms with Crippen LogP contribution in [-0.2, 0) is 7.05 Å². The van der Waals surface area contributed by atoms with Crippen molar-refractivity contribution in [1.29, 1.82) is 0 Å². The molecular weight excluding hydrogens is 310 g/mol. The van der Waals surface area contributed by atoms with Crippen LogP contribution in [0.1, 0.15) is 29.8 Å². The summed E-state index contributed by atoms with van der Waals surface area (Å²) in [7, 11) is 3.87. The van der Waals surface area contributed by atoms with E-state index in [9.17, 15) is 9.90 Å². The summed E-state index contributed by atoms with van der Waals surface area (Å²) >= 11 is 0. The van der Waals surface area contributed by atoms with Gasteiger partial charge in [-0.2, -0.15) is 5.10 Å². The van der Waals surface area contributed by atoms with Crippen LogP contribution in [0.2, 0.25) is 0 Å². The lowest BCUT2D eigenvalue weighted by Gasteiger charge is -2.41. The third-order valence-corrected chi connectivity index (χ3v) is 4.62. The molecule has 0 atom stereocenters. The van der Waals surface area contributed by atoms with E-state index in [1.54, 1.807) is 23.0 Å². The van der Waals surface area contributed by atoms with Gasteiger partial charge in [0.25, 0.3) is 5.91 Å². The molecule has 8 heteroatoms. The third-order valence-electron chi connectivity index (χ3n) is 4.62. The molecule has 2 aromatic heterocycles. The number of carbonyl (C=O) groups is 1. The van der Waals surface area contributed by atoms with Crippen LogP contribution in [0, 0.1) is 0 Å². The van der Waals surface area contributed by atoms with Gasteiger partial charge in [-0.25, -0.2) is 0 Å². The van der Waals surface area contributed by atoms with Crippen LogP contribution in [0.3, 0.4) is 0 Å². The van der Waals surface area contributed by atoms with Crippen LogP contribution in [0.25, 0.3) is 11.5 Å². The summed E-state index contributed by atoms with van der Waals surface area (Å²) in [5, 5.41) is 20.5. The average Bonchev–Trinajstić information content (AvgIpc) is 3.19. The van der Waals surface area contributed by atoms with Crippen molar-refractivity contribution in [2.75, 3.05) is 26.7 Å². The molecule has 3 rings (SSSR count). The Morgan fingerprint density at radius 1 is 1.42 bits per heavy atom. The Morgan fingerprint density at radius 3 is 2.79 bits per heavy atom. The number of aromatic nitrogens is 3. The van der Waals surface area contributed by atoms with Crippen molar-refractivity contribution in [2.24, 2.45) is 7.05 Å². The van der Waals surface area contributed by atoms with Crippen molar-refractivity contribution >= 4 is 5.91 Å². The van der Waals surface area contributed by atoms with E-state index in [2.05, 4.69) is 27.5 Å². The fraction of sp³-hybridized carbons (Fsp3) is 0.562. The molecule has 0 spiro atoms. The maximum Gasteiger partial charge on any atom is 0.273 e. The van der Waals surface area contributed by atoms with Crippen molar-refractivity contribution in [3.63, 3.8) is 0 Å². The van der Waals surface area contributed by atoms with Crippen molar-refractivity contribution in [2.45, 2.75) is 24.8 Å². The maximum atomic E-state index is 12.6. The highest BCUT2D eigenvalue weighted by Gasteiger charge is 2.35. The van der Waals surface area contributed by atoms with Gasteiger partial charge in [0.1, 0.15) is 5.69 Å². The highest BCUT2D eigenvalue weighted by atomic mass is 16.5. The SMILES string of the molecule is CN1CCC(CCO)(NC(=O)c2cc(-c3ccn(C)n3)on2)CC1. The van der Waals surface area contributed by atoms with E-state index in [4.69, 9.17) is 4.52 Å². The van der Waals surface area contributed by atoms with Crippen LogP contribution in [-0.4, -0.2) is 63.1 Å². The summed E-state index contributed by atoms with van der Waals surface area (Å²) in [4.78, 5) is 14.8. The van der Waals surface area contributed by atoms with Gasteiger partial charge in [-0.05, 0) is 32.4 Å². The number of aryl methyl sites for hydroxylation is 1. The topological polar surface area (TPSA) is 96.4 Å². The molecule has 8 nitrogen and oxygen atoms in total. The normalized spacial score (nSPS) is 17.8. The first kappa shape index (κ1) is 16.7. The lowest BCUT2D eigenvalue weighted by molar-refractivity contribution is 0.0770. The zero-order chi connectivity index (χ0) is 17.2. The summed E-state index contributed by atoms with van der Waals surface area (Å²) in [5.41, 5.74) is 0.475. The number of rotatable bonds is 5. The second-order valence-electron chi connectivity index (χ2n) is 6.46. The van der Waals surface area contributed by atoms with Crippen molar-refractivity contribution in [1.82, 2.24) is 25.2 Å². The number of nitrogens with one attached hydrogen (secondary N) is 1. The largest absolute Gasteiger partial charge is 0.396 e. The number of nitrogens with zero attached hydrogens (tertiary/aromatic N) is 4. The predicted molar refractivity (Wildman–Crippen MR) is 87.3 cm³/mol. The number of aliphatic hydroxyl groups excluding tert-OH is 1. The third kappa shape index (κ3) is 3.49. The van der Waals surface area contributed by atoms with Crippen LogP contribution in [0.5, 0.6) is 0 Å². The minimum absolute atomic E-state index is 0.0436. The van der Waals surface area contributed by atoms with Gasteiger partial charge in [0, 0.05) is 44.5 Å². The van der Waals surface area contributed by atoms with Gasteiger partial charge in [0.2, 0.25) is 0 Å². The zero-order valence-corrected chi connectivity index (χ0v) is 14.0. The van der Waals surface area contributed by atoms with E-state index < -0.39 is 0 Å². The Balaban J connectivity index is 1.72. The number of likely N-dealkylation sites (tertiary alicyclic amines) is 1. The molecule has 0 aliphatic carbocycles. The lowest BCUT2D eigenvalue weighted by Crippen LogP contribution is -2.55. The Morgan fingerprint density at radius 2 is 2.17 bits per heavy atom. The van der Waals surface area contributed by atoms with Gasteiger partial charge in [0.15, 0.2) is 11.5 Å².